The molecule has 0 spiro atoms. The zero-order valence-corrected chi connectivity index (χ0v) is 12.1. The van der Waals surface area contributed by atoms with E-state index in [-0.39, 0.29) is 20.9 Å². The topological polar surface area (TPSA) is 29.4 Å². The first-order valence-corrected chi connectivity index (χ1v) is 8.47. The van der Waals surface area contributed by atoms with Gasteiger partial charge in [0.1, 0.15) is 0 Å². The van der Waals surface area contributed by atoms with Gasteiger partial charge in [-0.25, -0.2) is 0 Å². The quantitative estimate of drug-likeness (QED) is 0.783. The zero-order valence-electron chi connectivity index (χ0n) is 9.58. The molecule has 2 aromatic rings. The van der Waals surface area contributed by atoms with Gasteiger partial charge in [0.15, 0.2) is 0 Å². The number of carbonyl (C=O) groups is 1. The summed E-state index contributed by atoms with van der Waals surface area (Å²) in [6.45, 7) is 0. The van der Waals surface area contributed by atoms with Crippen molar-refractivity contribution < 1.29 is 4.79 Å². The molecule has 0 fully saturated rings. The Morgan fingerprint density at radius 2 is 2.06 bits per heavy atom. The number of hydrogen-bond acceptors (Lipinski definition) is 2. The van der Waals surface area contributed by atoms with Crippen LogP contribution in [0.3, 0.4) is 0 Å². The third-order valence-corrected chi connectivity index (χ3v) is 6.13. The predicted molar refractivity (Wildman–Crippen MR) is 75.4 cm³/mol. The summed E-state index contributed by atoms with van der Waals surface area (Å²) in [5.41, 5.74) is 2.38. The van der Waals surface area contributed by atoms with Gasteiger partial charge in [0.2, 0.25) is 0 Å². The Labute approximate surface area is 116 Å². The standard InChI is InChI=1S/C14H11NOSSe/c16-13-8-12(10-4-2-1-3-5-10)18-14(15-13)11-6-7-17-9-11/h1-7,9,12H,8H2/t12-/m1/s1. The third kappa shape index (κ3) is 2.46. The fraction of sp³-hybridized carbons (Fsp3) is 0.143. The molecule has 0 bridgehead atoms. The van der Waals surface area contributed by atoms with Gasteiger partial charge in [-0.3, -0.25) is 0 Å². The number of carbonyl (C=O) groups excluding carboxylic acids is 1. The molecular formula is C14H11NOSSe. The molecule has 18 heavy (non-hydrogen) atoms. The molecule has 1 atom stereocenters. The summed E-state index contributed by atoms with van der Waals surface area (Å²) in [6, 6.07) is 12.3. The molecule has 0 aliphatic carbocycles. The van der Waals surface area contributed by atoms with Gasteiger partial charge in [0, 0.05) is 0 Å². The molecule has 1 aliphatic rings. The Balaban J connectivity index is 1.90. The summed E-state index contributed by atoms with van der Waals surface area (Å²) in [7, 11) is 0. The first-order valence-electron chi connectivity index (χ1n) is 5.68. The average molecular weight is 320 g/mol. The van der Waals surface area contributed by atoms with E-state index in [1.807, 2.05) is 29.6 Å². The minimum atomic E-state index is 0.0122. The van der Waals surface area contributed by atoms with Crippen molar-refractivity contribution in [3.05, 3.63) is 58.3 Å². The van der Waals surface area contributed by atoms with Crippen LogP contribution < -0.4 is 0 Å². The fourth-order valence-electron chi connectivity index (χ4n) is 1.89. The maximum atomic E-state index is 11.8. The Morgan fingerprint density at radius 3 is 2.78 bits per heavy atom. The van der Waals surface area contributed by atoms with Crippen LogP contribution in [0.2, 0.25) is 0 Å². The van der Waals surface area contributed by atoms with Crippen molar-refractivity contribution in [3.63, 3.8) is 0 Å². The summed E-state index contributed by atoms with van der Waals surface area (Å²) >= 11 is 1.88. The maximum absolute atomic E-state index is 11.8. The van der Waals surface area contributed by atoms with Crippen LogP contribution >= 0.6 is 11.3 Å². The van der Waals surface area contributed by atoms with Crippen LogP contribution in [0.4, 0.5) is 0 Å². The van der Waals surface area contributed by atoms with Gasteiger partial charge >= 0.3 is 116 Å². The van der Waals surface area contributed by atoms with Gasteiger partial charge in [0.25, 0.3) is 0 Å². The Hall–Kier alpha value is -1.22. The van der Waals surface area contributed by atoms with Crippen molar-refractivity contribution in [2.75, 3.05) is 0 Å². The van der Waals surface area contributed by atoms with Crippen LogP contribution in [0, 0.1) is 0 Å². The van der Waals surface area contributed by atoms with Gasteiger partial charge in [-0.1, -0.05) is 0 Å². The van der Waals surface area contributed by atoms with Crippen LogP contribution in [0.5, 0.6) is 0 Å². The van der Waals surface area contributed by atoms with Crippen molar-refractivity contribution in [2.24, 2.45) is 4.99 Å². The molecule has 1 amide bonds. The first-order chi connectivity index (χ1) is 8.83. The molecule has 90 valence electrons. The Morgan fingerprint density at radius 1 is 1.22 bits per heavy atom. The summed E-state index contributed by atoms with van der Waals surface area (Å²) in [4.78, 5) is 16.3. The molecule has 2 nitrogen and oxygen atoms in total. The molecule has 1 aromatic heterocycles. The molecule has 0 saturated heterocycles. The second-order valence-electron chi connectivity index (χ2n) is 4.04. The molecule has 0 radical (unpaired) electrons. The number of nitrogens with zero attached hydrogens (tertiary/aromatic N) is 1. The predicted octanol–water partition coefficient (Wildman–Crippen LogP) is 2.87. The van der Waals surface area contributed by atoms with Gasteiger partial charge in [-0.05, 0) is 0 Å². The summed E-state index contributed by atoms with van der Waals surface area (Å²) in [5.74, 6) is 0.0122. The van der Waals surface area contributed by atoms with E-state index in [1.54, 1.807) is 11.3 Å². The van der Waals surface area contributed by atoms with Crippen LogP contribution in [0.15, 0.2) is 52.2 Å². The molecule has 4 heteroatoms. The normalized spacial score (nSPS) is 19.7. The van der Waals surface area contributed by atoms with E-state index in [0.717, 1.165) is 10.2 Å². The van der Waals surface area contributed by atoms with E-state index < -0.39 is 0 Å². The van der Waals surface area contributed by atoms with Crippen molar-refractivity contribution in [2.45, 2.75) is 11.2 Å². The number of hydrogen-bond donors (Lipinski definition) is 0. The fourth-order valence-corrected chi connectivity index (χ4v) is 5.23. The molecule has 0 N–H and O–H groups in total. The number of thiophene rings is 1. The van der Waals surface area contributed by atoms with Gasteiger partial charge in [-0.15, -0.1) is 0 Å². The van der Waals surface area contributed by atoms with Crippen molar-refractivity contribution in [3.8, 4) is 0 Å². The molecule has 1 aromatic carbocycles. The number of benzene rings is 1. The van der Waals surface area contributed by atoms with E-state index in [1.165, 1.54) is 5.56 Å². The number of aliphatic imine (C=N–C) groups is 1. The molecule has 1 aliphatic heterocycles. The Bertz CT molecular complexity index is 577. The van der Waals surface area contributed by atoms with E-state index in [4.69, 9.17) is 0 Å². The molecule has 3 rings (SSSR count). The summed E-state index contributed by atoms with van der Waals surface area (Å²) in [5, 5.41) is 4.10. The third-order valence-electron chi connectivity index (χ3n) is 2.78. The molecule has 0 unspecified atom stereocenters. The molecule has 0 saturated carbocycles. The van der Waals surface area contributed by atoms with E-state index >= 15 is 0 Å². The minimum absolute atomic E-state index is 0.0122. The molecular weight excluding hydrogens is 309 g/mol. The monoisotopic (exact) mass is 321 g/mol. The molecule has 2 heterocycles. The van der Waals surface area contributed by atoms with E-state index in [0.29, 0.717) is 11.2 Å². The SMILES string of the molecule is O=C1C[C@H](c2ccccc2)[Se]C(c2ccsc2)=N1. The number of rotatable bonds is 2. The van der Waals surface area contributed by atoms with Crippen LogP contribution in [-0.4, -0.2) is 25.5 Å². The first kappa shape index (κ1) is 11.8. The second kappa shape index (κ2) is 5.19. The van der Waals surface area contributed by atoms with E-state index in [9.17, 15) is 4.79 Å². The number of amides is 1. The van der Waals surface area contributed by atoms with Crippen LogP contribution in [0.25, 0.3) is 0 Å². The van der Waals surface area contributed by atoms with Crippen molar-refractivity contribution in [1.29, 1.82) is 0 Å². The second-order valence-corrected chi connectivity index (χ2v) is 7.32. The van der Waals surface area contributed by atoms with Crippen molar-refractivity contribution >= 4 is 36.8 Å². The van der Waals surface area contributed by atoms with E-state index in [2.05, 4.69) is 22.5 Å². The van der Waals surface area contributed by atoms with Gasteiger partial charge in [0.05, 0.1) is 0 Å². The summed E-state index contributed by atoms with van der Waals surface area (Å²) in [6.07, 6.45) is 0.553. The van der Waals surface area contributed by atoms with Crippen molar-refractivity contribution in [1.82, 2.24) is 0 Å². The Kier molecular flexibility index (Phi) is 3.41. The van der Waals surface area contributed by atoms with Crippen LogP contribution in [0.1, 0.15) is 22.4 Å². The van der Waals surface area contributed by atoms with Gasteiger partial charge in [-0.2, -0.15) is 0 Å². The van der Waals surface area contributed by atoms with Gasteiger partial charge < -0.3 is 0 Å². The zero-order chi connectivity index (χ0) is 12.4. The van der Waals surface area contributed by atoms with Crippen LogP contribution in [-0.2, 0) is 4.79 Å². The average Bonchev–Trinajstić information content (AvgIpc) is 2.93. The summed E-state index contributed by atoms with van der Waals surface area (Å²) < 4.78 is 0.994.